The van der Waals surface area contributed by atoms with Crippen molar-refractivity contribution in [2.24, 2.45) is 5.14 Å². The van der Waals surface area contributed by atoms with E-state index in [2.05, 4.69) is 10.2 Å². The number of primary sulfonamides is 1. The molecule has 3 aromatic carbocycles. The highest BCUT2D eigenvalue weighted by Crippen LogP contribution is 2.26. The van der Waals surface area contributed by atoms with Gasteiger partial charge in [-0.2, -0.15) is 0 Å². The minimum atomic E-state index is -3.83. The standard InChI is InChI=1S/C25H24N4O4S/c1-16-6-4-8-21(14-16)24-28-27-23(33-24)18-10-12-19(13-11-18)25(30)29(3)17(2)20-7-5-9-22(15-20)34(26,31)32/h4-15,17H,1-3H3,(H2,26,31,32). The fraction of sp³-hybridized carbons (Fsp3) is 0.160. The highest BCUT2D eigenvalue weighted by Gasteiger charge is 2.21. The molecule has 0 spiro atoms. The molecule has 1 heterocycles. The maximum Gasteiger partial charge on any atom is 0.254 e. The van der Waals surface area contributed by atoms with Gasteiger partial charge in [-0.15, -0.1) is 10.2 Å². The number of hydrogen-bond donors (Lipinski definition) is 1. The molecule has 4 aromatic rings. The summed E-state index contributed by atoms with van der Waals surface area (Å²) in [5.74, 6) is 0.567. The first-order valence-electron chi connectivity index (χ1n) is 10.5. The van der Waals surface area contributed by atoms with Crippen LogP contribution < -0.4 is 5.14 Å². The lowest BCUT2D eigenvalue weighted by Gasteiger charge is -2.25. The number of nitrogens with zero attached hydrogens (tertiary/aromatic N) is 3. The molecule has 34 heavy (non-hydrogen) atoms. The number of sulfonamides is 1. The Morgan fingerprint density at radius 1 is 0.941 bits per heavy atom. The summed E-state index contributed by atoms with van der Waals surface area (Å²) >= 11 is 0. The third-order valence-electron chi connectivity index (χ3n) is 5.64. The summed E-state index contributed by atoms with van der Waals surface area (Å²) in [6.45, 7) is 3.81. The third-order valence-corrected chi connectivity index (χ3v) is 6.55. The largest absolute Gasteiger partial charge is 0.416 e. The monoisotopic (exact) mass is 476 g/mol. The van der Waals surface area contributed by atoms with Crippen molar-refractivity contribution in [3.05, 3.63) is 89.5 Å². The second-order valence-electron chi connectivity index (χ2n) is 8.07. The van der Waals surface area contributed by atoms with Crippen molar-refractivity contribution in [2.45, 2.75) is 24.8 Å². The Kier molecular flexibility index (Phi) is 6.32. The summed E-state index contributed by atoms with van der Waals surface area (Å²) in [4.78, 5) is 14.6. The van der Waals surface area contributed by atoms with Crippen LogP contribution in [0.25, 0.3) is 22.9 Å². The van der Waals surface area contributed by atoms with Crippen molar-refractivity contribution in [1.29, 1.82) is 0 Å². The van der Waals surface area contributed by atoms with E-state index in [0.717, 1.165) is 11.1 Å². The number of aromatic nitrogens is 2. The van der Waals surface area contributed by atoms with Crippen molar-refractivity contribution in [3.63, 3.8) is 0 Å². The van der Waals surface area contributed by atoms with Gasteiger partial charge in [0, 0.05) is 23.7 Å². The third kappa shape index (κ3) is 4.90. The van der Waals surface area contributed by atoms with Crippen molar-refractivity contribution in [2.75, 3.05) is 7.05 Å². The van der Waals surface area contributed by atoms with Crippen LogP contribution in [-0.2, 0) is 10.0 Å². The van der Waals surface area contributed by atoms with E-state index in [1.54, 1.807) is 48.3 Å². The van der Waals surface area contributed by atoms with E-state index in [1.807, 2.05) is 38.1 Å². The normalized spacial score (nSPS) is 12.4. The number of hydrogen-bond acceptors (Lipinski definition) is 6. The van der Waals surface area contributed by atoms with E-state index in [9.17, 15) is 13.2 Å². The quantitative estimate of drug-likeness (QED) is 0.446. The van der Waals surface area contributed by atoms with E-state index in [-0.39, 0.29) is 16.8 Å². The molecule has 0 saturated heterocycles. The molecule has 4 rings (SSSR count). The van der Waals surface area contributed by atoms with Crippen LogP contribution in [0.1, 0.15) is 34.5 Å². The van der Waals surface area contributed by atoms with E-state index in [0.29, 0.717) is 28.5 Å². The molecular weight excluding hydrogens is 452 g/mol. The van der Waals surface area contributed by atoms with Crippen LogP contribution in [0.2, 0.25) is 0 Å². The summed E-state index contributed by atoms with van der Waals surface area (Å²) < 4.78 is 29.1. The maximum atomic E-state index is 13.0. The Morgan fingerprint density at radius 3 is 2.24 bits per heavy atom. The Bertz CT molecular complexity index is 1450. The van der Waals surface area contributed by atoms with Crippen LogP contribution in [-0.4, -0.2) is 36.5 Å². The Hall–Kier alpha value is -3.82. The van der Waals surface area contributed by atoms with Crippen LogP contribution in [0, 0.1) is 6.92 Å². The summed E-state index contributed by atoms with van der Waals surface area (Å²) in [5.41, 5.74) is 3.76. The van der Waals surface area contributed by atoms with Crippen LogP contribution in [0.4, 0.5) is 0 Å². The molecular formula is C25H24N4O4S. The van der Waals surface area contributed by atoms with Crippen LogP contribution in [0.5, 0.6) is 0 Å². The molecule has 8 nitrogen and oxygen atoms in total. The van der Waals surface area contributed by atoms with Gasteiger partial charge in [0.2, 0.25) is 21.8 Å². The second-order valence-corrected chi connectivity index (χ2v) is 9.63. The Morgan fingerprint density at radius 2 is 1.59 bits per heavy atom. The van der Waals surface area contributed by atoms with E-state index in [1.165, 1.54) is 12.1 Å². The number of carbonyl (C=O) groups is 1. The molecule has 0 saturated carbocycles. The number of aryl methyl sites for hydroxylation is 1. The molecule has 0 radical (unpaired) electrons. The Balaban J connectivity index is 1.51. The zero-order valence-electron chi connectivity index (χ0n) is 19.0. The first-order valence-corrected chi connectivity index (χ1v) is 12.1. The topological polar surface area (TPSA) is 119 Å². The fourth-order valence-corrected chi connectivity index (χ4v) is 4.11. The van der Waals surface area contributed by atoms with E-state index >= 15 is 0 Å². The molecule has 0 bridgehead atoms. The molecule has 2 N–H and O–H groups in total. The zero-order chi connectivity index (χ0) is 24.5. The molecule has 1 unspecified atom stereocenters. The number of benzene rings is 3. The van der Waals surface area contributed by atoms with Crippen molar-refractivity contribution in [3.8, 4) is 22.9 Å². The van der Waals surface area contributed by atoms with Gasteiger partial charge < -0.3 is 9.32 Å². The van der Waals surface area contributed by atoms with E-state index in [4.69, 9.17) is 9.56 Å². The second kappa shape index (κ2) is 9.20. The van der Waals surface area contributed by atoms with Crippen LogP contribution in [0.15, 0.2) is 82.1 Å². The van der Waals surface area contributed by atoms with Crippen molar-refractivity contribution >= 4 is 15.9 Å². The highest BCUT2D eigenvalue weighted by atomic mass is 32.2. The first-order chi connectivity index (χ1) is 16.1. The van der Waals surface area contributed by atoms with Gasteiger partial charge in [0.1, 0.15) is 0 Å². The number of carbonyl (C=O) groups excluding carboxylic acids is 1. The molecule has 9 heteroatoms. The lowest BCUT2D eigenvalue weighted by atomic mass is 10.1. The molecule has 1 amide bonds. The average molecular weight is 477 g/mol. The molecule has 0 fully saturated rings. The predicted octanol–water partition coefficient (Wildman–Crippen LogP) is 4.19. The predicted molar refractivity (Wildman–Crippen MR) is 128 cm³/mol. The summed E-state index contributed by atoms with van der Waals surface area (Å²) in [7, 11) is -2.17. The van der Waals surface area contributed by atoms with Gasteiger partial charge in [-0.3, -0.25) is 4.79 Å². The minimum absolute atomic E-state index is 0.00615. The molecule has 0 aliphatic rings. The van der Waals surface area contributed by atoms with Gasteiger partial charge in [-0.25, -0.2) is 13.6 Å². The summed E-state index contributed by atoms with van der Waals surface area (Å²) in [6.07, 6.45) is 0. The molecule has 1 atom stereocenters. The molecule has 0 aliphatic carbocycles. The number of rotatable bonds is 6. The van der Waals surface area contributed by atoms with Gasteiger partial charge in [0.05, 0.1) is 10.9 Å². The van der Waals surface area contributed by atoms with E-state index < -0.39 is 10.0 Å². The van der Waals surface area contributed by atoms with Gasteiger partial charge >= 0.3 is 0 Å². The van der Waals surface area contributed by atoms with Crippen LogP contribution in [0.3, 0.4) is 0 Å². The lowest BCUT2D eigenvalue weighted by molar-refractivity contribution is 0.0742. The SMILES string of the molecule is Cc1cccc(-c2nnc(-c3ccc(C(=O)N(C)C(C)c4cccc(S(N)(=O)=O)c4)cc3)o2)c1. The maximum absolute atomic E-state index is 13.0. The van der Waals surface area contributed by atoms with Gasteiger partial charge in [0.25, 0.3) is 5.91 Å². The average Bonchev–Trinajstić information content (AvgIpc) is 3.33. The van der Waals surface area contributed by atoms with Gasteiger partial charge in [-0.05, 0) is 67.9 Å². The highest BCUT2D eigenvalue weighted by molar-refractivity contribution is 7.89. The summed E-state index contributed by atoms with van der Waals surface area (Å²) in [6, 6.07) is 20.6. The number of nitrogens with two attached hydrogens (primary N) is 1. The van der Waals surface area contributed by atoms with Gasteiger partial charge in [0.15, 0.2) is 0 Å². The molecule has 0 aliphatic heterocycles. The first kappa shape index (κ1) is 23.3. The van der Waals surface area contributed by atoms with Crippen molar-refractivity contribution in [1.82, 2.24) is 15.1 Å². The Labute approximate surface area is 198 Å². The molecule has 174 valence electrons. The summed E-state index contributed by atoms with van der Waals surface area (Å²) in [5, 5.41) is 13.5. The molecule has 1 aromatic heterocycles. The van der Waals surface area contributed by atoms with Crippen LogP contribution >= 0.6 is 0 Å². The van der Waals surface area contributed by atoms with Gasteiger partial charge in [-0.1, -0.05) is 29.8 Å². The minimum Gasteiger partial charge on any atom is -0.416 e. The lowest BCUT2D eigenvalue weighted by Crippen LogP contribution is -2.29. The number of amides is 1. The zero-order valence-corrected chi connectivity index (χ0v) is 19.8. The fourth-order valence-electron chi connectivity index (χ4n) is 3.54. The van der Waals surface area contributed by atoms with Crippen molar-refractivity contribution < 1.29 is 17.6 Å². The smallest absolute Gasteiger partial charge is 0.254 e.